The molecule has 1 amide bonds. The average molecular weight is 257 g/mol. The standard InChI is InChI=1S/C14H15N3O2/c1-2-9-19-13-6-4-3-5-11(13)10-15-14(18)12-7-8-16-17-12/h2-8H,1,9-10H2,(H,15,18)(H,16,17). The fraction of sp³-hybridized carbons (Fsp3) is 0.143. The molecule has 2 aromatic rings. The van der Waals surface area contributed by atoms with Gasteiger partial charge in [0.25, 0.3) is 5.91 Å². The van der Waals surface area contributed by atoms with Crippen molar-refractivity contribution >= 4 is 5.91 Å². The predicted octanol–water partition coefficient (Wildman–Crippen LogP) is 1.90. The molecular formula is C14H15N3O2. The van der Waals surface area contributed by atoms with Gasteiger partial charge in [0.15, 0.2) is 0 Å². The number of hydrogen-bond acceptors (Lipinski definition) is 3. The lowest BCUT2D eigenvalue weighted by Gasteiger charge is -2.10. The first-order valence-electron chi connectivity index (χ1n) is 5.90. The fourth-order valence-electron chi connectivity index (χ4n) is 1.59. The van der Waals surface area contributed by atoms with E-state index in [9.17, 15) is 4.79 Å². The summed E-state index contributed by atoms with van der Waals surface area (Å²) in [7, 11) is 0. The van der Waals surface area contributed by atoms with Gasteiger partial charge in [-0.3, -0.25) is 9.89 Å². The number of aromatic nitrogens is 2. The molecule has 0 aliphatic heterocycles. The van der Waals surface area contributed by atoms with Crippen molar-refractivity contribution in [1.82, 2.24) is 15.5 Å². The summed E-state index contributed by atoms with van der Waals surface area (Å²) < 4.78 is 5.52. The van der Waals surface area contributed by atoms with Gasteiger partial charge in [0.05, 0.1) is 0 Å². The van der Waals surface area contributed by atoms with E-state index in [0.29, 0.717) is 18.8 Å². The first-order valence-corrected chi connectivity index (χ1v) is 5.90. The molecule has 19 heavy (non-hydrogen) atoms. The van der Waals surface area contributed by atoms with Crippen LogP contribution < -0.4 is 10.1 Å². The Bertz CT molecular complexity index is 550. The van der Waals surface area contributed by atoms with E-state index in [1.54, 1.807) is 12.1 Å². The largest absolute Gasteiger partial charge is 0.489 e. The second-order valence-corrected chi connectivity index (χ2v) is 3.86. The van der Waals surface area contributed by atoms with E-state index in [2.05, 4.69) is 22.1 Å². The van der Waals surface area contributed by atoms with Crippen molar-refractivity contribution in [1.29, 1.82) is 0 Å². The number of para-hydroxylation sites is 1. The quantitative estimate of drug-likeness (QED) is 0.777. The second-order valence-electron chi connectivity index (χ2n) is 3.86. The highest BCUT2D eigenvalue weighted by molar-refractivity contribution is 5.92. The summed E-state index contributed by atoms with van der Waals surface area (Å²) in [6, 6.07) is 9.18. The molecule has 2 N–H and O–H groups in total. The van der Waals surface area contributed by atoms with Crippen LogP contribution in [0.4, 0.5) is 0 Å². The molecule has 0 unspecified atom stereocenters. The van der Waals surface area contributed by atoms with Gasteiger partial charge in [-0.05, 0) is 12.1 Å². The Balaban J connectivity index is 1.99. The molecule has 0 radical (unpaired) electrons. The van der Waals surface area contributed by atoms with Crippen LogP contribution in [-0.4, -0.2) is 22.7 Å². The summed E-state index contributed by atoms with van der Waals surface area (Å²) in [4.78, 5) is 11.8. The van der Waals surface area contributed by atoms with Crippen molar-refractivity contribution in [2.45, 2.75) is 6.54 Å². The molecule has 0 atom stereocenters. The Morgan fingerprint density at radius 2 is 2.26 bits per heavy atom. The minimum atomic E-state index is -0.198. The maximum atomic E-state index is 11.8. The van der Waals surface area contributed by atoms with Gasteiger partial charge >= 0.3 is 0 Å². The van der Waals surface area contributed by atoms with E-state index < -0.39 is 0 Å². The van der Waals surface area contributed by atoms with Gasteiger partial charge in [-0.1, -0.05) is 30.9 Å². The summed E-state index contributed by atoms with van der Waals surface area (Å²) >= 11 is 0. The van der Waals surface area contributed by atoms with Crippen LogP contribution in [0.25, 0.3) is 0 Å². The first-order chi connectivity index (χ1) is 9.31. The third kappa shape index (κ3) is 3.45. The minimum Gasteiger partial charge on any atom is -0.489 e. The van der Waals surface area contributed by atoms with Crippen molar-refractivity contribution in [2.24, 2.45) is 0 Å². The number of benzene rings is 1. The number of carbonyl (C=O) groups is 1. The smallest absolute Gasteiger partial charge is 0.269 e. The normalized spacial score (nSPS) is 9.89. The maximum Gasteiger partial charge on any atom is 0.269 e. The van der Waals surface area contributed by atoms with Crippen LogP contribution in [-0.2, 0) is 6.54 Å². The van der Waals surface area contributed by atoms with Gasteiger partial charge in [0, 0.05) is 18.3 Å². The van der Waals surface area contributed by atoms with E-state index in [4.69, 9.17) is 4.74 Å². The number of amides is 1. The minimum absolute atomic E-state index is 0.198. The number of hydrogen-bond donors (Lipinski definition) is 2. The topological polar surface area (TPSA) is 67.0 Å². The Morgan fingerprint density at radius 1 is 1.42 bits per heavy atom. The van der Waals surface area contributed by atoms with Crippen LogP contribution in [0.3, 0.4) is 0 Å². The molecule has 0 bridgehead atoms. The van der Waals surface area contributed by atoms with Gasteiger partial charge in [-0.25, -0.2) is 0 Å². The number of H-pyrrole nitrogens is 1. The number of nitrogens with zero attached hydrogens (tertiary/aromatic N) is 1. The molecule has 98 valence electrons. The zero-order chi connectivity index (χ0) is 13.5. The molecule has 1 aromatic heterocycles. The number of ether oxygens (including phenoxy) is 1. The van der Waals surface area contributed by atoms with E-state index in [0.717, 1.165) is 11.3 Å². The first kappa shape index (κ1) is 12.9. The number of rotatable bonds is 6. The summed E-state index contributed by atoms with van der Waals surface area (Å²) in [5.74, 6) is 0.545. The molecule has 5 nitrogen and oxygen atoms in total. The fourth-order valence-corrected chi connectivity index (χ4v) is 1.59. The van der Waals surface area contributed by atoms with Crippen molar-refractivity contribution in [3.8, 4) is 5.75 Å². The Kier molecular flexibility index (Phi) is 4.34. The summed E-state index contributed by atoms with van der Waals surface area (Å²) in [5.41, 5.74) is 1.35. The van der Waals surface area contributed by atoms with Gasteiger partial charge in [0.2, 0.25) is 0 Å². The van der Waals surface area contributed by atoms with Gasteiger partial charge in [-0.2, -0.15) is 5.10 Å². The highest BCUT2D eigenvalue weighted by Crippen LogP contribution is 2.17. The zero-order valence-corrected chi connectivity index (χ0v) is 10.4. The third-order valence-corrected chi connectivity index (χ3v) is 2.51. The average Bonchev–Trinajstić information content (AvgIpc) is 2.97. The van der Waals surface area contributed by atoms with Crippen LogP contribution in [0.5, 0.6) is 5.75 Å². The van der Waals surface area contributed by atoms with E-state index >= 15 is 0 Å². The van der Waals surface area contributed by atoms with Crippen molar-refractivity contribution in [3.05, 3.63) is 60.4 Å². The van der Waals surface area contributed by atoms with E-state index in [-0.39, 0.29) is 5.91 Å². The Labute approximate surface area is 111 Å². The van der Waals surface area contributed by atoms with Crippen LogP contribution in [0.1, 0.15) is 16.1 Å². The number of aromatic amines is 1. The van der Waals surface area contributed by atoms with Crippen molar-refractivity contribution in [3.63, 3.8) is 0 Å². The summed E-state index contributed by atoms with van der Waals surface area (Å²) in [6.45, 7) is 4.44. The van der Waals surface area contributed by atoms with Crippen LogP contribution in [0.2, 0.25) is 0 Å². The highest BCUT2D eigenvalue weighted by atomic mass is 16.5. The molecule has 5 heteroatoms. The molecule has 1 aromatic carbocycles. The van der Waals surface area contributed by atoms with E-state index in [1.165, 1.54) is 6.20 Å². The molecule has 0 spiro atoms. The van der Waals surface area contributed by atoms with Crippen molar-refractivity contribution in [2.75, 3.05) is 6.61 Å². The molecule has 0 aliphatic rings. The lowest BCUT2D eigenvalue weighted by molar-refractivity contribution is 0.0945. The summed E-state index contributed by atoms with van der Waals surface area (Å²) in [5, 5.41) is 9.15. The predicted molar refractivity (Wildman–Crippen MR) is 71.9 cm³/mol. The monoisotopic (exact) mass is 257 g/mol. The Morgan fingerprint density at radius 3 is 3.00 bits per heavy atom. The van der Waals surface area contributed by atoms with Crippen LogP contribution in [0, 0.1) is 0 Å². The molecule has 2 rings (SSSR count). The van der Waals surface area contributed by atoms with Crippen molar-refractivity contribution < 1.29 is 9.53 Å². The molecule has 0 fully saturated rings. The van der Waals surface area contributed by atoms with Crippen LogP contribution in [0.15, 0.2) is 49.2 Å². The van der Waals surface area contributed by atoms with E-state index in [1.807, 2.05) is 24.3 Å². The van der Waals surface area contributed by atoms with Gasteiger partial charge < -0.3 is 10.1 Å². The van der Waals surface area contributed by atoms with Gasteiger partial charge in [0.1, 0.15) is 18.1 Å². The lowest BCUT2D eigenvalue weighted by atomic mass is 10.2. The summed E-state index contributed by atoms with van der Waals surface area (Å²) in [6.07, 6.45) is 3.22. The second kappa shape index (κ2) is 6.39. The molecule has 0 saturated heterocycles. The highest BCUT2D eigenvalue weighted by Gasteiger charge is 2.08. The maximum absolute atomic E-state index is 11.8. The van der Waals surface area contributed by atoms with Crippen LogP contribution >= 0.6 is 0 Å². The molecule has 1 heterocycles. The number of carbonyl (C=O) groups excluding carboxylic acids is 1. The molecular weight excluding hydrogens is 242 g/mol. The molecule has 0 aliphatic carbocycles. The molecule has 0 saturated carbocycles. The lowest BCUT2D eigenvalue weighted by Crippen LogP contribution is -2.23. The third-order valence-electron chi connectivity index (χ3n) is 2.51. The Hall–Kier alpha value is -2.56. The zero-order valence-electron chi connectivity index (χ0n) is 10.4. The number of nitrogens with one attached hydrogen (secondary N) is 2. The van der Waals surface area contributed by atoms with Gasteiger partial charge in [-0.15, -0.1) is 0 Å². The SMILES string of the molecule is C=CCOc1ccccc1CNC(=O)c1ccn[nH]1.